The van der Waals surface area contributed by atoms with Gasteiger partial charge in [-0.25, -0.2) is 9.97 Å². The van der Waals surface area contributed by atoms with E-state index in [9.17, 15) is 0 Å². The Morgan fingerprint density at radius 2 is 0.836 bits per heavy atom. The van der Waals surface area contributed by atoms with Gasteiger partial charge in [-0.3, -0.25) is 0 Å². The zero-order valence-electron chi connectivity index (χ0n) is 36.4. The number of thiophene rings is 1. The van der Waals surface area contributed by atoms with Crippen LogP contribution in [0.15, 0.2) is 243 Å². The maximum Gasteiger partial charge on any atom is 0.160 e. The summed E-state index contributed by atoms with van der Waals surface area (Å²) in [6.45, 7) is 0. The maximum absolute atomic E-state index is 5.29. The molecule has 3 heteroatoms. The van der Waals surface area contributed by atoms with Gasteiger partial charge in [0.05, 0.1) is 11.4 Å². The summed E-state index contributed by atoms with van der Waals surface area (Å²) < 4.78 is 1.29. The Labute approximate surface area is 392 Å². The third kappa shape index (κ3) is 6.79. The van der Waals surface area contributed by atoms with Crippen LogP contribution in [0.1, 0.15) is 0 Å². The van der Waals surface area contributed by atoms with Gasteiger partial charge in [0.2, 0.25) is 0 Å². The summed E-state index contributed by atoms with van der Waals surface area (Å²) in [6.07, 6.45) is 0. The van der Waals surface area contributed by atoms with E-state index in [1.807, 2.05) is 17.4 Å². The average Bonchev–Trinajstić information content (AvgIpc) is 3.85. The SMILES string of the molecule is c1ccc(-c2nc(-c3cccc(-c4cc5ccccc5s4)c3)cc(-c3ccc(-c4ccc(-c5c6ccccc6c(-c6ccccc6)c6c5ccc5ccccc56)cc4)c4ccccc34)n2)cc1. The molecule has 13 rings (SSSR count). The number of fused-ring (bicyclic) bond motifs is 6. The van der Waals surface area contributed by atoms with E-state index in [-0.39, 0.29) is 0 Å². The molecule has 0 unspecified atom stereocenters. The largest absolute Gasteiger partial charge is 0.228 e. The van der Waals surface area contributed by atoms with Crippen LogP contribution < -0.4 is 0 Å². The van der Waals surface area contributed by atoms with Gasteiger partial charge in [-0.15, -0.1) is 11.3 Å². The molecule has 13 aromatic rings. The number of hydrogen-bond donors (Lipinski definition) is 0. The van der Waals surface area contributed by atoms with Crippen LogP contribution in [-0.2, 0) is 0 Å². The predicted molar refractivity (Wildman–Crippen MR) is 285 cm³/mol. The minimum absolute atomic E-state index is 0.703. The number of nitrogens with zero attached hydrogens (tertiary/aromatic N) is 2. The normalized spacial score (nSPS) is 11.6. The van der Waals surface area contributed by atoms with Gasteiger partial charge in [0, 0.05) is 26.3 Å². The fraction of sp³-hybridized carbons (Fsp3) is 0. The molecular formula is C64H40N2S. The molecule has 0 aliphatic heterocycles. The molecule has 0 saturated heterocycles. The van der Waals surface area contributed by atoms with Gasteiger partial charge in [-0.1, -0.05) is 218 Å². The summed E-state index contributed by atoms with van der Waals surface area (Å²) in [4.78, 5) is 11.8. The van der Waals surface area contributed by atoms with Crippen molar-refractivity contribution in [3.8, 4) is 77.7 Å². The topological polar surface area (TPSA) is 25.8 Å². The molecule has 67 heavy (non-hydrogen) atoms. The molecule has 312 valence electrons. The Morgan fingerprint density at radius 3 is 1.60 bits per heavy atom. The number of aromatic nitrogens is 2. The van der Waals surface area contributed by atoms with E-state index in [0.29, 0.717) is 5.82 Å². The molecule has 0 N–H and O–H groups in total. The minimum atomic E-state index is 0.703. The molecule has 0 fully saturated rings. The lowest BCUT2D eigenvalue weighted by atomic mass is 9.83. The Kier molecular flexibility index (Phi) is 9.40. The summed E-state index contributed by atoms with van der Waals surface area (Å²) in [5.74, 6) is 0.703. The summed E-state index contributed by atoms with van der Waals surface area (Å²) in [5.41, 5.74) is 13.4. The molecule has 0 atom stereocenters. The van der Waals surface area contributed by atoms with Gasteiger partial charge in [0.25, 0.3) is 0 Å². The maximum atomic E-state index is 5.29. The number of hydrogen-bond acceptors (Lipinski definition) is 3. The second-order valence-electron chi connectivity index (χ2n) is 17.2. The zero-order valence-corrected chi connectivity index (χ0v) is 37.2. The first-order valence-corrected chi connectivity index (χ1v) is 23.6. The highest BCUT2D eigenvalue weighted by Gasteiger charge is 2.20. The van der Waals surface area contributed by atoms with Gasteiger partial charge in [-0.2, -0.15) is 0 Å². The van der Waals surface area contributed by atoms with Gasteiger partial charge in [-0.05, 0) is 112 Å². The third-order valence-corrected chi connectivity index (χ3v) is 14.5. The lowest BCUT2D eigenvalue weighted by Crippen LogP contribution is -1.97. The molecule has 0 saturated carbocycles. The van der Waals surface area contributed by atoms with Crippen LogP contribution in [0.25, 0.3) is 131 Å². The monoisotopic (exact) mass is 868 g/mol. The molecule has 0 aliphatic carbocycles. The molecule has 2 nitrogen and oxygen atoms in total. The van der Waals surface area contributed by atoms with Gasteiger partial charge in [0.1, 0.15) is 0 Å². The second kappa shape index (κ2) is 16.2. The Bertz CT molecular complexity index is 3990. The third-order valence-electron chi connectivity index (χ3n) is 13.3. The molecule has 0 radical (unpaired) electrons. The van der Waals surface area contributed by atoms with E-state index in [4.69, 9.17) is 9.97 Å². The van der Waals surface area contributed by atoms with Crippen molar-refractivity contribution in [2.24, 2.45) is 0 Å². The summed E-state index contributed by atoms with van der Waals surface area (Å²) in [7, 11) is 0. The molecular weight excluding hydrogens is 829 g/mol. The summed E-state index contributed by atoms with van der Waals surface area (Å²) >= 11 is 1.82. The van der Waals surface area contributed by atoms with Crippen molar-refractivity contribution >= 4 is 64.5 Å². The zero-order chi connectivity index (χ0) is 44.3. The van der Waals surface area contributed by atoms with E-state index in [2.05, 4.69) is 237 Å². The first-order chi connectivity index (χ1) is 33.2. The highest BCUT2D eigenvalue weighted by Crippen LogP contribution is 2.47. The molecule has 2 heterocycles. The van der Waals surface area contributed by atoms with Gasteiger partial charge >= 0.3 is 0 Å². The Balaban J connectivity index is 0.936. The molecule has 0 aliphatic rings. The van der Waals surface area contributed by atoms with Crippen molar-refractivity contribution in [1.29, 1.82) is 0 Å². The first kappa shape index (κ1) is 38.9. The van der Waals surface area contributed by atoms with Crippen LogP contribution in [-0.4, -0.2) is 9.97 Å². The highest BCUT2D eigenvalue weighted by atomic mass is 32.1. The van der Waals surface area contributed by atoms with Crippen LogP contribution in [0.4, 0.5) is 0 Å². The lowest BCUT2D eigenvalue weighted by Gasteiger charge is -2.19. The quantitative estimate of drug-likeness (QED) is 0.118. The van der Waals surface area contributed by atoms with E-state index < -0.39 is 0 Å². The number of benzene rings is 11. The minimum Gasteiger partial charge on any atom is -0.228 e. The van der Waals surface area contributed by atoms with Crippen molar-refractivity contribution in [1.82, 2.24) is 9.97 Å². The second-order valence-corrected chi connectivity index (χ2v) is 18.3. The fourth-order valence-corrected chi connectivity index (χ4v) is 11.2. The van der Waals surface area contributed by atoms with E-state index in [1.165, 1.54) is 86.0 Å². The lowest BCUT2D eigenvalue weighted by molar-refractivity contribution is 1.18. The van der Waals surface area contributed by atoms with Crippen molar-refractivity contribution in [2.45, 2.75) is 0 Å². The van der Waals surface area contributed by atoms with E-state index in [1.54, 1.807) is 0 Å². The van der Waals surface area contributed by atoms with Crippen LogP contribution in [0.2, 0.25) is 0 Å². The van der Waals surface area contributed by atoms with Crippen molar-refractivity contribution in [2.75, 3.05) is 0 Å². The highest BCUT2D eigenvalue weighted by molar-refractivity contribution is 7.22. The standard InChI is InChI=1S/C64H40N2S/c1-3-17-43(18-4-1)62-55-28-13-12-27-54(55)61(56-35-34-41-16-7-9-24-50(41)63(56)62)44-32-30-42(31-33-44)49-36-37-53(52-26-11-10-25-51(49)52)58-40-57(65-64(66-58)45-19-5-2-6-20-45)46-22-15-23-47(38-46)60-39-48-21-8-14-29-59(48)67-60/h1-40H. The van der Waals surface area contributed by atoms with E-state index >= 15 is 0 Å². The van der Waals surface area contributed by atoms with Crippen LogP contribution in [0.3, 0.4) is 0 Å². The molecule has 11 aromatic carbocycles. The van der Waals surface area contributed by atoms with Crippen molar-refractivity contribution in [3.05, 3.63) is 243 Å². The van der Waals surface area contributed by atoms with Crippen LogP contribution in [0.5, 0.6) is 0 Å². The fourth-order valence-electron chi connectivity index (χ4n) is 10.2. The van der Waals surface area contributed by atoms with E-state index in [0.717, 1.165) is 39.0 Å². The van der Waals surface area contributed by atoms with Crippen molar-refractivity contribution < 1.29 is 0 Å². The molecule has 2 aromatic heterocycles. The molecule has 0 bridgehead atoms. The number of rotatable bonds is 7. The molecule has 0 spiro atoms. The summed E-state index contributed by atoms with van der Waals surface area (Å²) in [5, 5.41) is 11.1. The Hall–Kier alpha value is -8.50. The first-order valence-electron chi connectivity index (χ1n) is 22.8. The van der Waals surface area contributed by atoms with Crippen LogP contribution >= 0.6 is 11.3 Å². The van der Waals surface area contributed by atoms with Crippen molar-refractivity contribution in [3.63, 3.8) is 0 Å². The predicted octanol–water partition coefficient (Wildman–Crippen LogP) is 18.0. The molecule has 0 amide bonds. The van der Waals surface area contributed by atoms with Gasteiger partial charge < -0.3 is 0 Å². The average molecular weight is 869 g/mol. The smallest absolute Gasteiger partial charge is 0.160 e. The van der Waals surface area contributed by atoms with Crippen LogP contribution in [0, 0.1) is 0 Å². The van der Waals surface area contributed by atoms with Gasteiger partial charge in [0.15, 0.2) is 5.82 Å². The Morgan fingerprint density at radius 1 is 0.284 bits per heavy atom. The summed E-state index contributed by atoms with van der Waals surface area (Å²) in [6, 6.07) is 87.8.